The molecule has 1 atom stereocenters. The topological polar surface area (TPSA) is 32.3 Å². The number of nitrogens with zero attached hydrogens (tertiary/aromatic N) is 1. The molecule has 1 heterocycles. The van der Waals surface area contributed by atoms with Crippen LogP contribution in [0, 0.1) is 11.6 Å². The van der Waals surface area contributed by atoms with Gasteiger partial charge in [0, 0.05) is 17.8 Å². The second-order valence-corrected chi connectivity index (χ2v) is 5.42. The monoisotopic (exact) mass is 302 g/mol. The van der Waals surface area contributed by atoms with Gasteiger partial charge in [-0.05, 0) is 37.1 Å². The summed E-state index contributed by atoms with van der Waals surface area (Å²) in [5, 5.41) is 2.74. The highest BCUT2D eigenvalue weighted by molar-refractivity contribution is 5.98. The maximum absolute atomic E-state index is 13.6. The minimum atomic E-state index is -0.706. The SMILES string of the molecule is CC1Cc2ccccc2N1C(=O)CNc1ccc(F)cc1F. The van der Waals surface area contributed by atoms with Crippen LogP contribution in [0.5, 0.6) is 0 Å². The lowest BCUT2D eigenvalue weighted by atomic mass is 10.1. The summed E-state index contributed by atoms with van der Waals surface area (Å²) in [5.74, 6) is -1.49. The third-order valence-corrected chi connectivity index (χ3v) is 3.84. The largest absolute Gasteiger partial charge is 0.374 e. The number of para-hydroxylation sites is 1. The van der Waals surface area contributed by atoms with Gasteiger partial charge in [0.25, 0.3) is 0 Å². The smallest absolute Gasteiger partial charge is 0.246 e. The fourth-order valence-electron chi connectivity index (χ4n) is 2.83. The van der Waals surface area contributed by atoms with Gasteiger partial charge in [-0.15, -0.1) is 0 Å². The van der Waals surface area contributed by atoms with Gasteiger partial charge in [-0.1, -0.05) is 18.2 Å². The first-order valence-electron chi connectivity index (χ1n) is 7.15. The third-order valence-electron chi connectivity index (χ3n) is 3.84. The molecule has 1 aliphatic rings. The fourth-order valence-corrected chi connectivity index (χ4v) is 2.83. The number of carbonyl (C=O) groups excluding carboxylic acids is 1. The molecule has 0 saturated carbocycles. The maximum atomic E-state index is 13.6. The zero-order valence-corrected chi connectivity index (χ0v) is 12.1. The number of hydrogen-bond donors (Lipinski definition) is 1. The van der Waals surface area contributed by atoms with Gasteiger partial charge in [0.1, 0.15) is 11.6 Å². The van der Waals surface area contributed by atoms with E-state index in [2.05, 4.69) is 5.32 Å². The van der Waals surface area contributed by atoms with Crippen molar-refractivity contribution in [2.45, 2.75) is 19.4 Å². The first-order chi connectivity index (χ1) is 10.6. The predicted molar refractivity (Wildman–Crippen MR) is 81.9 cm³/mol. The van der Waals surface area contributed by atoms with Crippen molar-refractivity contribution in [3.63, 3.8) is 0 Å². The molecule has 1 amide bonds. The molecular formula is C17H16F2N2O. The van der Waals surface area contributed by atoms with E-state index in [4.69, 9.17) is 0 Å². The summed E-state index contributed by atoms with van der Waals surface area (Å²) in [6, 6.07) is 11.1. The summed E-state index contributed by atoms with van der Waals surface area (Å²) in [6.45, 7) is 1.94. The van der Waals surface area contributed by atoms with Gasteiger partial charge in [-0.2, -0.15) is 0 Å². The Bertz CT molecular complexity index is 718. The molecule has 0 radical (unpaired) electrons. The molecule has 0 aromatic heterocycles. The summed E-state index contributed by atoms with van der Waals surface area (Å²) >= 11 is 0. The van der Waals surface area contributed by atoms with Crippen LogP contribution in [0.1, 0.15) is 12.5 Å². The van der Waals surface area contributed by atoms with Gasteiger partial charge in [-0.25, -0.2) is 8.78 Å². The Balaban J connectivity index is 1.72. The van der Waals surface area contributed by atoms with Crippen LogP contribution < -0.4 is 10.2 Å². The molecule has 114 valence electrons. The number of hydrogen-bond acceptors (Lipinski definition) is 2. The van der Waals surface area contributed by atoms with Crippen molar-refractivity contribution in [1.82, 2.24) is 0 Å². The van der Waals surface area contributed by atoms with Crippen molar-refractivity contribution in [2.24, 2.45) is 0 Å². The Kier molecular flexibility index (Phi) is 3.79. The van der Waals surface area contributed by atoms with E-state index < -0.39 is 11.6 Å². The van der Waals surface area contributed by atoms with Crippen molar-refractivity contribution in [3.8, 4) is 0 Å². The Morgan fingerprint density at radius 2 is 2.05 bits per heavy atom. The first-order valence-corrected chi connectivity index (χ1v) is 7.15. The average molecular weight is 302 g/mol. The molecule has 1 aliphatic heterocycles. The highest BCUT2D eigenvalue weighted by Gasteiger charge is 2.30. The molecule has 2 aromatic carbocycles. The Morgan fingerprint density at radius 3 is 2.82 bits per heavy atom. The van der Waals surface area contributed by atoms with Crippen molar-refractivity contribution in [2.75, 3.05) is 16.8 Å². The summed E-state index contributed by atoms with van der Waals surface area (Å²) < 4.78 is 26.4. The van der Waals surface area contributed by atoms with Crippen molar-refractivity contribution < 1.29 is 13.6 Å². The normalized spacial score (nSPS) is 16.5. The van der Waals surface area contributed by atoms with E-state index in [1.54, 1.807) is 4.90 Å². The summed E-state index contributed by atoms with van der Waals surface area (Å²) in [5.41, 5.74) is 2.16. The number of benzene rings is 2. The number of nitrogens with one attached hydrogen (secondary N) is 1. The van der Waals surface area contributed by atoms with E-state index in [-0.39, 0.29) is 24.2 Å². The molecule has 1 unspecified atom stereocenters. The Morgan fingerprint density at radius 1 is 1.27 bits per heavy atom. The lowest BCUT2D eigenvalue weighted by Gasteiger charge is -2.23. The lowest BCUT2D eigenvalue weighted by Crippen LogP contribution is -2.39. The number of rotatable bonds is 3. The van der Waals surface area contributed by atoms with E-state index in [0.717, 1.165) is 29.8 Å². The lowest BCUT2D eigenvalue weighted by molar-refractivity contribution is -0.117. The van der Waals surface area contributed by atoms with E-state index in [9.17, 15) is 13.6 Å². The van der Waals surface area contributed by atoms with E-state index in [1.165, 1.54) is 6.07 Å². The minimum absolute atomic E-state index is 0.0404. The van der Waals surface area contributed by atoms with E-state index >= 15 is 0 Å². The number of anilines is 2. The molecule has 22 heavy (non-hydrogen) atoms. The number of fused-ring (bicyclic) bond motifs is 1. The summed E-state index contributed by atoms with van der Waals surface area (Å²) in [6.07, 6.45) is 0.812. The van der Waals surface area contributed by atoms with Crippen LogP contribution in [0.15, 0.2) is 42.5 Å². The van der Waals surface area contributed by atoms with Crippen LogP contribution in [0.3, 0.4) is 0 Å². The molecule has 0 saturated heterocycles. The summed E-state index contributed by atoms with van der Waals surface area (Å²) in [7, 11) is 0. The molecule has 0 aliphatic carbocycles. The quantitative estimate of drug-likeness (QED) is 0.943. The maximum Gasteiger partial charge on any atom is 0.246 e. The molecule has 5 heteroatoms. The average Bonchev–Trinajstić information content (AvgIpc) is 2.82. The minimum Gasteiger partial charge on any atom is -0.374 e. The molecule has 1 N–H and O–H groups in total. The number of amides is 1. The van der Waals surface area contributed by atoms with Crippen molar-refractivity contribution in [3.05, 3.63) is 59.7 Å². The fraction of sp³-hybridized carbons (Fsp3) is 0.235. The Labute approximate surface area is 127 Å². The molecule has 0 spiro atoms. The van der Waals surface area contributed by atoms with Gasteiger partial charge in [0.15, 0.2) is 0 Å². The Hall–Kier alpha value is -2.43. The number of carbonyl (C=O) groups is 1. The molecule has 3 nitrogen and oxygen atoms in total. The molecule has 2 aromatic rings. The van der Waals surface area contributed by atoms with Crippen molar-refractivity contribution in [1.29, 1.82) is 0 Å². The van der Waals surface area contributed by atoms with Crippen LogP contribution in [0.2, 0.25) is 0 Å². The van der Waals surface area contributed by atoms with Crippen LogP contribution in [0.25, 0.3) is 0 Å². The van der Waals surface area contributed by atoms with Gasteiger partial charge in [-0.3, -0.25) is 4.79 Å². The molecular weight excluding hydrogens is 286 g/mol. The second-order valence-electron chi connectivity index (χ2n) is 5.42. The zero-order valence-electron chi connectivity index (χ0n) is 12.1. The zero-order chi connectivity index (χ0) is 15.7. The highest BCUT2D eigenvalue weighted by atomic mass is 19.1. The number of halogens is 2. The van der Waals surface area contributed by atoms with Gasteiger partial charge in [0.2, 0.25) is 5.91 Å². The van der Waals surface area contributed by atoms with Gasteiger partial charge in [0.05, 0.1) is 12.2 Å². The molecule has 0 fully saturated rings. The van der Waals surface area contributed by atoms with Crippen LogP contribution in [-0.2, 0) is 11.2 Å². The highest BCUT2D eigenvalue weighted by Crippen LogP contribution is 2.31. The van der Waals surface area contributed by atoms with E-state index in [0.29, 0.717) is 0 Å². The molecule has 0 bridgehead atoms. The van der Waals surface area contributed by atoms with Crippen LogP contribution in [-0.4, -0.2) is 18.5 Å². The third kappa shape index (κ3) is 2.66. The van der Waals surface area contributed by atoms with Crippen LogP contribution >= 0.6 is 0 Å². The van der Waals surface area contributed by atoms with Crippen molar-refractivity contribution >= 4 is 17.3 Å². The first kappa shape index (κ1) is 14.5. The summed E-state index contributed by atoms with van der Waals surface area (Å²) in [4.78, 5) is 14.2. The second kappa shape index (κ2) is 5.75. The van der Waals surface area contributed by atoms with Gasteiger partial charge >= 0.3 is 0 Å². The predicted octanol–water partition coefficient (Wildman–Crippen LogP) is 3.35. The van der Waals surface area contributed by atoms with E-state index in [1.807, 2.05) is 31.2 Å². The standard InChI is InChI=1S/C17H16F2N2O/c1-11-8-12-4-2-3-5-16(12)21(11)17(22)10-20-15-7-6-13(18)9-14(15)19/h2-7,9,11,20H,8,10H2,1H3. The van der Waals surface area contributed by atoms with Gasteiger partial charge < -0.3 is 10.2 Å². The molecule has 3 rings (SSSR count). The van der Waals surface area contributed by atoms with Crippen LogP contribution in [0.4, 0.5) is 20.2 Å².